The van der Waals surface area contributed by atoms with Gasteiger partial charge in [0.05, 0.1) is 35.4 Å². The smallest absolute Gasteiger partial charge is 0.303 e. The second kappa shape index (κ2) is 14.6. The van der Waals surface area contributed by atoms with E-state index in [0.717, 1.165) is 28.0 Å². The van der Waals surface area contributed by atoms with E-state index in [2.05, 4.69) is 10.0 Å². The van der Waals surface area contributed by atoms with E-state index < -0.39 is 37.0 Å². The third-order valence-corrected chi connectivity index (χ3v) is 11.1. The summed E-state index contributed by atoms with van der Waals surface area (Å²) >= 11 is 7.27. The van der Waals surface area contributed by atoms with E-state index >= 15 is 0 Å². The first-order valence-corrected chi connectivity index (χ1v) is 18.0. The number of halogens is 1. The first kappa shape index (κ1) is 35.5. The van der Waals surface area contributed by atoms with Gasteiger partial charge >= 0.3 is 5.97 Å². The highest BCUT2D eigenvalue weighted by molar-refractivity contribution is 7.99. The van der Waals surface area contributed by atoms with Crippen molar-refractivity contribution in [2.24, 2.45) is 5.14 Å². The molecule has 0 radical (unpaired) electrons. The van der Waals surface area contributed by atoms with Crippen molar-refractivity contribution >= 4 is 66.7 Å². The Morgan fingerprint density at radius 3 is 2.43 bits per heavy atom. The molecule has 46 heavy (non-hydrogen) atoms. The van der Waals surface area contributed by atoms with Crippen molar-refractivity contribution < 1.29 is 35.9 Å². The van der Waals surface area contributed by atoms with Crippen LogP contribution in [-0.4, -0.2) is 80.7 Å². The normalized spacial score (nSPS) is 18.7. The van der Waals surface area contributed by atoms with Gasteiger partial charge < -0.3 is 24.6 Å². The second-order valence-electron chi connectivity index (χ2n) is 10.4. The van der Waals surface area contributed by atoms with Gasteiger partial charge in [0, 0.05) is 24.9 Å². The Morgan fingerprint density at radius 1 is 1.15 bits per heavy atom. The van der Waals surface area contributed by atoms with Gasteiger partial charge in [0.25, 0.3) is 5.91 Å². The fourth-order valence-electron chi connectivity index (χ4n) is 4.66. The molecule has 0 aromatic heterocycles. The summed E-state index contributed by atoms with van der Waals surface area (Å²) in [7, 11) is -2.26. The number of sulfonamides is 2. The van der Waals surface area contributed by atoms with Crippen LogP contribution in [-0.2, 0) is 34.4 Å². The number of thioether (sulfide) groups is 1. The first-order valence-electron chi connectivity index (χ1n) is 13.7. The highest BCUT2D eigenvalue weighted by Gasteiger charge is 2.40. The number of rotatable bonds is 7. The summed E-state index contributed by atoms with van der Waals surface area (Å²) in [5, 5.41) is 7.17. The standard InChI is InChI=1S/C22H26N2O4S.C7H8ClN3O4S2/c1-15(25)28-20-21(16-9-11-17(27-4)12-10-16)29-19-8-6-5-7-18(19)24(22(20)26)14-13-23(2)3;8-4-1-5-7(2-6(4)16(9,12)13)17(14,15)11-3-10-5/h5-12,20-21H,13-14H2,1-4H3;1-2,10-11H,3H2,(H2,9,12,13)/t20-,21+;/m1./s1. The van der Waals surface area contributed by atoms with E-state index in [4.69, 9.17) is 26.2 Å². The molecule has 248 valence electrons. The number of carbonyl (C=O) groups excluding carboxylic acids is 2. The number of likely N-dealkylation sites (N-methyl/N-ethyl adjacent to an activating group) is 1. The van der Waals surface area contributed by atoms with Crippen molar-refractivity contribution in [3.8, 4) is 5.75 Å². The van der Waals surface area contributed by atoms with Gasteiger partial charge in [0.15, 0.2) is 6.10 Å². The van der Waals surface area contributed by atoms with E-state index in [0.29, 0.717) is 13.1 Å². The minimum absolute atomic E-state index is 0.0143. The maximum atomic E-state index is 13.6. The number of fused-ring (bicyclic) bond motifs is 2. The number of esters is 1. The van der Waals surface area contributed by atoms with E-state index in [1.54, 1.807) is 23.8 Å². The third-order valence-electron chi connectivity index (χ3n) is 6.87. The molecule has 0 aliphatic carbocycles. The van der Waals surface area contributed by atoms with Crippen molar-refractivity contribution in [3.05, 3.63) is 71.2 Å². The molecule has 3 aromatic rings. The molecule has 2 heterocycles. The quantitative estimate of drug-likeness (QED) is 0.307. The molecule has 3 aromatic carbocycles. The Labute approximate surface area is 277 Å². The van der Waals surface area contributed by atoms with Gasteiger partial charge in [0.2, 0.25) is 20.0 Å². The van der Waals surface area contributed by atoms with Gasteiger partial charge in [-0.25, -0.2) is 22.0 Å². The average Bonchev–Trinajstić information content (AvgIpc) is 3.09. The zero-order chi connectivity index (χ0) is 33.8. The molecule has 2 aliphatic rings. The average molecular weight is 712 g/mol. The number of nitrogens with zero attached hydrogens (tertiary/aromatic N) is 2. The lowest BCUT2D eigenvalue weighted by atomic mass is 10.1. The summed E-state index contributed by atoms with van der Waals surface area (Å²) in [6, 6.07) is 17.5. The number of carbonyl (C=O) groups is 2. The number of methoxy groups -OCH3 is 1. The number of nitrogens with two attached hydrogens (primary N) is 1. The van der Waals surface area contributed by atoms with Crippen LogP contribution in [0.3, 0.4) is 0 Å². The second-order valence-corrected chi connectivity index (χ2v) is 15.3. The van der Waals surface area contributed by atoms with Gasteiger partial charge in [-0.1, -0.05) is 35.9 Å². The fourth-order valence-corrected chi connectivity index (χ4v) is 8.26. The first-order chi connectivity index (χ1) is 21.6. The lowest BCUT2D eigenvalue weighted by Gasteiger charge is -2.28. The van der Waals surface area contributed by atoms with Crippen LogP contribution in [0.1, 0.15) is 17.7 Å². The topological polar surface area (TPSA) is 177 Å². The van der Waals surface area contributed by atoms with Crippen LogP contribution in [0.25, 0.3) is 0 Å². The van der Waals surface area contributed by atoms with Gasteiger partial charge in [0.1, 0.15) is 15.5 Å². The molecule has 0 saturated heterocycles. The van der Waals surface area contributed by atoms with Crippen LogP contribution < -0.4 is 24.8 Å². The molecule has 1 amide bonds. The highest BCUT2D eigenvalue weighted by atomic mass is 35.5. The number of amides is 1. The minimum atomic E-state index is -4.07. The summed E-state index contributed by atoms with van der Waals surface area (Å²) < 4.78 is 58.7. The zero-order valence-electron chi connectivity index (χ0n) is 25.4. The molecule has 0 fully saturated rings. The van der Waals surface area contributed by atoms with Crippen molar-refractivity contribution in [2.75, 3.05) is 51.2 Å². The predicted molar refractivity (Wildman–Crippen MR) is 176 cm³/mol. The molecule has 0 spiro atoms. The molecule has 5 rings (SSSR count). The number of anilines is 2. The Hall–Kier alpha value is -3.38. The maximum absolute atomic E-state index is 13.6. The molecular weight excluding hydrogens is 678 g/mol. The van der Waals surface area contributed by atoms with Crippen LogP contribution >= 0.6 is 23.4 Å². The molecule has 0 bridgehead atoms. The number of benzene rings is 3. The van der Waals surface area contributed by atoms with Gasteiger partial charge in [-0.3, -0.25) is 9.59 Å². The molecule has 13 nitrogen and oxygen atoms in total. The van der Waals surface area contributed by atoms with Gasteiger partial charge in [-0.05, 0) is 56.1 Å². The summed E-state index contributed by atoms with van der Waals surface area (Å²) in [4.78, 5) is 29.5. The van der Waals surface area contributed by atoms with Crippen molar-refractivity contribution in [2.45, 2.75) is 33.0 Å². The largest absolute Gasteiger partial charge is 0.497 e. The summed E-state index contributed by atoms with van der Waals surface area (Å²) in [6.45, 7) is 2.56. The number of para-hydroxylation sites is 1. The monoisotopic (exact) mass is 711 g/mol. The number of hydrogen-bond acceptors (Lipinski definition) is 11. The molecule has 17 heteroatoms. The number of nitrogens with one attached hydrogen (secondary N) is 2. The van der Waals surface area contributed by atoms with E-state index in [1.165, 1.54) is 13.0 Å². The Balaban J connectivity index is 0.000000240. The van der Waals surface area contributed by atoms with E-state index in [1.807, 2.05) is 67.5 Å². The number of primary sulfonamides is 1. The summed E-state index contributed by atoms with van der Waals surface area (Å²) in [5.74, 6) is 0.0528. The molecule has 0 saturated carbocycles. The lowest BCUT2D eigenvalue weighted by Crippen LogP contribution is -2.45. The van der Waals surface area contributed by atoms with Crippen molar-refractivity contribution in [1.82, 2.24) is 9.62 Å². The maximum Gasteiger partial charge on any atom is 0.303 e. The Morgan fingerprint density at radius 2 is 1.83 bits per heavy atom. The van der Waals surface area contributed by atoms with E-state index in [9.17, 15) is 26.4 Å². The molecule has 4 N–H and O–H groups in total. The third kappa shape index (κ3) is 8.31. The van der Waals surface area contributed by atoms with Crippen molar-refractivity contribution in [1.29, 1.82) is 0 Å². The SMILES string of the molecule is COc1ccc([C@@H]2Sc3ccccc3N(CCN(C)C)C(=O)[C@@H]2OC(C)=O)cc1.NS(=O)(=O)c1cc2c(cc1Cl)NCNS2(=O)=O. The molecule has 2 atom stereocenters. The minimum Gasteiger partial charge on any atom is -0.497 e. The summed E-state index contributed by atoms with van der Waals surface area (Å²) in [6.07, 6.45) is -0.916. The van der Waals surface area contributed by atoms with Crippen LogP contribution in [0.2, 0.25) is 5.02 Å². The van der Waals surface area contributed by atoms with Crippen LogP contribution in [0.4, 0.5) is 11.4 Å². The number of ether oxygens (including phenoxy) is 2. The molecule has 0 unspecified atom stereocenters. The lowest BCUT2D eigenvalue weighted by molar-refractivity contribution is -0.152. The van der Waals surface area contributed by atoms with Gasteiger partial charge in [-0.15, -0.1) is 11.8 Å². The van der Waals surface area contributed by atoms with Crippen molar-refractivity contribution in [3.63, 3.8) is 0 Å². The van der Waals surface area contributed by atoms with Crippen LogP contribution in [0.15, 0.2) is 75.4 Å². The Bertz CT molecular complexity index is 1820. The summed E-state index contributed by atoms with van der Waals surface area (Å²) in [5.41, 5.74) is 1.98. The highest BCUT2D eigenvalue weighted by Crippen LogP contribution is 2.47. The molecular formula is C29H34ClN5O8S3. The van der Waals surface area contributed by atoms with Crippen LogP contribution in [0, 0.1) is 0 Å². The predicted octanol–water partition coefficient (Wildman–Crippen LogP) is 3.02. The molecule has 2 aliphatic heterocycles. The fraction of sp³-hybridized carbons (Fsp3) is 0.310. The van der Waals surface area contributed by atoms with Crippen LogP contribution in [0.5, 0.6) is 5.75 Å². The van der Waals surface area contributed by atoms with E-state index in [-0.39, 0.29) is 33.4 Å². The number of hydrogen-bond donors (Lipinski definition) is 3. The zero-order valence-corrected chi connectivity index (χ0v) is 28.6. The Kier molecular flexibility index (Phi) is 11.2. The van der Waals surface area contributed by atoms with Gasteiger partial charge in [-0.2, -0.15) is 4.72 Å².